The standard InChI is InChI=1S/C15H28N2O3/c1-10(2)14(19)16-13-7-12(5-6-18)8-17(9-13)15(20)11(3)4/h10-13,18H,5-9H2,1-4H3,(H,16,19). The minimum absolute atomic E-state index is 0.00194. The van der Waals surface area contributed by atoms with Gasteiger partial charge in [-0.1, -0.05) is 27.7 Å². The molecular formula is C15H28N2O3. The van der Waals surface area contributed by atoms with Crippen LogP contribution in [0.5, 0.6) is 0 Å². The maximum absolute atomic E-state index is 12.2. The molecule has 1 saturated heterocycles. The summed E-state index contributed by atoms with van der Waals surface area (Å²) in [6.07, 6.45) is 1.51. The van der Waals surface area contributed by atoms with E-state index in [4.69, 9.17) is 5.11 Å². The molecule has 5 heteroatoms. The zero-order chi connectivity index (χ0) is 15.3. The van der Waals surface area contributed by atoms with Crippen molar-refractivity contribution in [3.63, 3.8) is 0 Å². The van der Waals surface area contributed by atoms with Crippen molar-refractivity contribution in [2.45, 2.75) is 46.6 Å². The number of aliphatic hydroxyl groups is 1. The Bertz CT molecular complexity index is 342. The van der Waals surface area contributed by atoms with Crippen LogP contribution in [0.1, 0.15) is 40.5 Å². The van der Waals surface area contributed by atoms with E-state index >= 15 is 0 Å². The van der Waals surface area contributed by atoms with Crippen molar-refractivity contribution in [1.82, 2.24) is 10.2 Å². The number of piperidine rings is 1. The average molecular weight is 284 g/mol. The third-order valence-electron chi connectivity index (χ3n) is 3.75. The minimum atomic E-state index is -0.0533. The van der Waals surface area contributed by atoms with E-state index in [2.05, 4.69) is 5.32 Å². The summed E-state index contributed by atoms with van der Waals surface area (Å²) in [5.41, 5.74) is 0. The first kappa shape index (κ1) is 17.0. The number of nitrogens with one attached hydrogen (secondary N) is 1. The molecule has 116 valence electrons. The van der Waals surface area contributed by atoms with E-state index in [-0.39, 0.29) is 42.2 Å². The van der Waals surface area contributed by atoms with Gasteiger partial charge in [0.1, 0.15) is 0 Å². The quantitative estimate of drug-likeness (QED) is 0.792. The van der Waals surface area contributed by atoms with Crippen LogP contribution in [0.3, 0.4) is 0 Å². The zero-order valence-corrected chi connectivity index (χ0v) is 13.1. The predicted molar refractivity (Wildman–Crippen MR) is 78.0 cm³/mol. The summed E-state index contributed by atoms with van der Waals surface area (Å²) in [4.78, 5) is 25.8. The smallest absolute Gasteiger partial charge is 0.225 e. The van der Waals surface area contributed by atoms with Crippen molar-refractivity contribution in [1.29, 1.82) is 0 Å². The van der Waals surface area contributed by atoms with E-state index < -0.39 is 0 Å². The first-order valence-electron chi connectivity index (χ1n) is 7.55. The SMILES string of the molecule is CC(C)C(=O)NC1CC(CCO)CN(C(=O)C(C)C)C1. The molecule has 1 heterocycles. The fourth-order valence-electron chi connectivity index (χ4n) is 2.61. The highest BCUT2D eigenvalue weighted by Crippen LogP contribution is 2.21. The van der Waals surface area contributed by atoms with Crippen molar-refractivity contribution in [2.75, 3.05) is 19.7 Å². The van der Waals surface area contributed by atoms with Gasteiger partial charge in [0.05, 0.1) is 0 Å². The Morgan fingerprint density at radius 2 is 1.85 bits per heavy atom. The van der Waals surface area contributed by atoms with Gasteiger partial charge in [0.15, 0.2) is 0 Å². The number of nitrogens with zero attached hydrogens (tertiary/aromatic N) is 1. The van der Waals surface area contributed by atoms with E-state index in [9.17, 15) is 9.59 Å². The molecule has 20 heavy (non-hydrogen) atoms. The molecule has 2 amide bonds. The molecule has 0 saturated carbocycles. The first-order chi connectivity index (χ1) is 9.35. The summed E-state index contributed by atoms with van der Waals surface area (Å²) in [5.74, 6) is 0.314. The molecule has 1 rings (SSSR count). The van der Waals surface area contributed by atoms with Crippen LogP contribution in [0, 0.1) is 17.8 Å². The molecule has 0 bridgehead atoms. The van der Waals surface area contributed by atoms with Crippen LogP contribution in [-0.2, 0) is 9.59 Å². The van der Waals surface area contributed by atoms with Gasteiger partial charge in [0, 0.05) is 37.6 Å². The van der Waals surface area contributed by atoms with E-state index in [0.29, 0.717) is 19.5 Å². The first-order valence-corrected chi connectivity index (χ1v) is 7.55. The Labute approximate surface area is 121 Å². The van der Waals surface area contributed by atoms with Gasteiger partial charge in [0.25, 0.3) is 0 Å². The number of hydrogen-bond acceptors (Lipinski definition) is 3. The lowest BCUT2D eigenvalue weighted by atomic mass is 9.90. The van der Waals surface area contributed by atoms with Crippen LogP contribution in [0.4, 0.5) is 0 Å². The van der Waals surface area contributed by atoms with E-state index in [0.717, 1.165) is 6.42 Å². The lowest BCUT2D eigenvalue weighted by molar-refractivity contribution is -0.138. The molecule has 0 spiro atoms. The molecule has 2 N–H and O–H groups in total. The van der Waals surface area contributed by atoms with Gasteiger partial charge in [0.2, 0.25) is 11.8 Å². The molecule has 0 aromatic rings. The summed E-state index contributed by atoms with van der Waals surface area (Å²) in [6.45, 7) is 8.89. The number of carbonyl (C=O) groups excluding carboxylic acids is 2. The van der Waals surface area contributed by atoms with Crippen LogP contribution in [0.2, 0.25) is 0 Å². The van der Waals surface area contributed by atoms with Crippen LogP contribution >= 0.6 is 0 Å². The highest BCUT2D eigenvalue weighted by Gasteiger charge is 2.31. The largest absolute Gasteiger partial charge is 0.396 e. The van der Waals surface area contributed by atoms with Crippen LogP contribution in [0.15, 0.2) is 0 Å². The van der Waals surface area contributed by atoms with Crippen molar-refractivity contribution < 1.29 is 14.7 Å². The Balaban J connectivity index is 2.70. The van der Waals surface area contributed by atoms with Gasteiger partial charge < -0.3 is 15.3 Å². The molecule has 1 aliphatic heterocycles. The zero-order valence-electron chi connectivity index (χ0n) is 13.1. The second-order valence-corrected chi connectivity index (χ2v) is 6.37. The maximum atomic E-state index is 12.2. The average Bonchev–Trinajstić information content (AvgIpc) is 2.37. The highest BCUT2D eigenvalue weighted by molar-refractivity contribution is 5.79. The van der Waals surface area contributed by atoms with E-state index in [1.54, 1.807) is 0 Å². The Morgan fingerprint density at radius 1 is 1.20 bits per heavy atom. The molecule has 2 unspecified atom stereocenters. The molecule has 1 fully saturated rings. The van der Waals surface area contributed by atoms with Crippen LogP contribution in [-0.4, -0.2) is 47.6 Å². The normalized spacial score (nSPS) is 23.2. The van der Waals surface area contributed by atoms with Crippen molar-refractivity contribution in [2.24, 2.45) is 17.8 Å². The monoisotopic (exact) mass is 284 g/mol. The van der Waals surface area contributed by atoms with E-state index in [1.807, 2.05) is 32.6 Å². The lowest BCUT2D eigenvalue weighted by Crippen LogP contribution is -2.54. The summed E-state index contributed by atoms with van der Waals surface area (Å²) in [7, 11) is 0. The molecule has 0 radical (unpaired) electrons. The van der Waals surface area contributed by atoms with Crippen molar-refractivity contribution >= 4 is 11.8 Å². The number of amides is 2. The highest BCUT2D eigenvalue weighted by atomic mass is 16.3. The minimum Gasteiger partial charge on any atom is -0.396 e. The van der Waals surface area contributed by atoms with Gasteiger partial charge in [-0.2, -0.15) is 0 Å². The van der Waals surface area contributed by atoms with Gasteiger partial charge >= 0.3 is 0 Å². The van der Waals surface area contributed by atoms with Crippen molar-refractivity contribution in [3.8, 4) is 0 Å². The Kier molecular flexibility index (Phi) is 6.46. The molecule has 0 aromatic carbocycles. The third kappa shape index (κ3) is 4.78. The third-order valence-corrected chi connectivity index (χ3v) is 3.75. The number of rotatable bonds is 5. The fourth-order valence-corrected chi connectivity index (χ4v) is 2.61. The summed E-state index contributed by atoms with van der Waals surface area (Å²) in [6, 6.07) is -0.00194. The van der Waals surface area contributed by atoms with Gasteiger partial charge in [-0.25, -0.2) is 0 Å². The maximum Gasteiger partial charge on any atom is 0.225 e. The second-order valence-electron chi connectivity index (χ2n) is 6.37. The van der Waals surface area contributed by atoms with E-state index in [1.165, 1.54) is 0 Å². The van der Waals surface area contributed by atoms with Crippen LogP contribution in [0.25, 0.3) is 0 Å². The predicted octanol–water partition coefficient (Wildman–Crippen LogP) is 1.01. The summed E-state index contributed by atoms with van der Waals surface area (Å²) >= 11 is 0. The topological polar surface area (TPSA) is 69.6 Å². The molecule has 5 nitrogen and oxygen atoms in total. The fraction of sp³-hybridized carbons (Fsp3) is 0.867. The molecule has 0 aromatic heterocycles. The molecular weight excluding hydrogens is 256 g/mol. The Hall–Kier alpha value is -1.10. The second kappa shape index (κ2) is 7.62. The lowest BCUT2D eigenvalue weighted by Gasteiger charge is -2.39. The number of aliphatic hydroxyl groups excluding tert-OH is 1. The van der Waals surface area contributed by atoms with Gasteiger partial charge in [-0.15, -0.1) is 0 Å². The summed E-state index contributed by atoms with van der Waals surface area (Å²) in [5, 5.41) is 12.1. The number of likely N-dealkylation sites (tertiary alicyclic amines) is 1. The van der Waals surface area contributed by atoms with Gasteiger partial charge in [-0.05, 0) is 18.8 Å². The van der Waals surface area contributed by atoms with Crippen LogP contribution < -0.4 is 5.32 Å². The van der Waals surface area contributed by atoms with Gasteiger partial charge in [-0.3, -0.25) is 9.59 Å². The number of hydrogen-bond donors (Lipinski definition) is 2. The molecule has 0 aliphatic carbocycles. The van der Waals surface area contributed by atoms with Crippen molar-refractivity contribution in [3.05, 3.63) is 0 Å². The Morgan fingerprint density at radius 3 is 2.35 bits per heavy atom. The molecule has 1 aliphatic rings. The molecule has 2 atom stereocenters. The summed E-state index contributed by atoms with van der Waals surface area (Å²) < 4.78 is 0. The number of carbonyl (C=O) groups is 2.